The predicted octanol–water partition coefficient (Wildman–Crippen LogP) is 4.60. The first-order valence-corrected chi connectivity index (χ1v) is 11.0. The lowest BCUT2D eigenvalue weighted by Gasteiger charge is -2.09. The Morgan fingerprint density at radius 3 is 2.91 bits per heavy atom. The highest BCUT2D eigenvalue weighted by molar-refractivity contribution is 7.98. The summed E-state index contributed by atoms with van der Waals surface area (Å²) in [6.07, 6.45) is 4.68. The molecule has 0 amide bonds. The average Bonchev–Trinajstić information content (AvgIpc) is 3.21. The summed E-state index contributed by atoms with van der Waals surface area (Å²) in [5, 5.41) is 5.77. The number of pyridine rings is 1. The van der Waals surface area contributed by atoms with Crippen molar-refractivity contribution in [1.29, 1.82) is 0 Å². The Labute approximate surface area is 192 Å². The lowest BCUT2D eigenvalue weighted by atomic mass is 10.1. The number of thioether (sulfide) groups is 1. The molecular formula is C24H18FN5O2S. The second-order valence-electron chi connectivity index (χ2n) is 7.21. The number of rotatable bonds is 6. The van der Waals surface area contributed by atoms with E-state index in [1.807, 2.05) is 36.4 Å². The zero-order chi connectivity index (χ0) is 22.8. The number of H-pyrrole nitrogens is 1. The fraction of sp³-hybridized carbons (Fsp3) is 0.0833. The first kappa shape index (κ1) is 20.9. The van der Waals surface area contributed by atoms with Crippen molar-refractivity contribution in [1.82, 2.24) is 19.6 Å². The number of ether oxygens (including phenoxy) is 1. The highest BCUT2D eigenvalue weighted by Gasteiger charge is 2.11. The van der Waals surface area contributed by atoms with Crippen molar-refractivity contribution in [3.63, 3.8) is 0 Å². The van der Waals surface area contributed by atoms with E-state index in [9.17, 15) is 9.18 Å². The van der Waals surface area contributed by atoms with Crippen LogP contribution in [0.25, 0.3) is 21.9 Å². The molecule has 0 saturated heterocycles. The molecule has 0 aliphatic rings. The summed E-state index contributed by atoms with van der Waals surface area (Å²) in [5.41, 5.74) is 2.75. The molecule has 0 fully saturated rings. The van der Waals surface area contributed by atoms with Crippen LogP contribution in [0.3, 0.4) is 0 Å². The van der Waals surface area contributed by atoms with E-state index in [1.54, 1.807) is 37.3 Å². The molecule has 9 heteroatoms. The molecule has 0 bridgehead atoms. The number of fused-ring (bicyclic) bond motifs is 3. The molecule has 0 atom stereocenters. The molecule has 0 spiro atoms. The molecule has 3 aromatic heterocycles. The minimum atomic E-state index is -0.385. The van der Waals surface area contributed by atoms with Crippen LogP contribution in [-0.2, 0) is 5.75 Å². The Bertz CT molecular complexity index is 1550. The van der Waals surface area contributed by atoms with Gasteiger partial charge < -0.3 is 9.72 Å². The number of nitrogens with zero attached hydrogens (tertiary/aromatic N) is 4. The van der Waals surface area contributed by atoms with Crippen LogP contribution in [0, 0.1) is 5.82 Å². The summed E-state index contributed by atoms with van der Waals surface area (Å²) in [4.78, 5) is 24.5. The number of hydrogen-bond donors (Lipinski definition) is 1. The fourth-order valence-electron chi connectivity index (χ4n) is 3.51. The normalized spacial score (nSPS) is 11.6. The summed E-state index contributed by atoms with van der Waals surface area (Å²) in [5.74, 6) is 1.05. The van der Waals surface area contributed by atoms with Gasteiger partial charge in [0.05, 0.1) is 18.4 Å². The van der Waals surface area contributed by atoms with E-state index < -0.39 is 0 Å². The molecule has 7 nitrogen and oxygen atoms in total. The Morgan fingerprint density at radius 2 is 2.09 bits per heavy atom. The van der Waals surface area contributed by atoms with Gasteiger partial charge in [0.2, 0.25) is 0 Å². The molecule has 33 heavy (non-hydrogen) atoms. The molecule has 1 N–H and O–H groups in total. The largest absolute Gasteiger partial charge is 0.496 e. The second-order valence-corrected chi connectivity index (χ2v) is 8.20. The van der Waals surface area contributed by atoms with Gasteiger partial charge in [-0.2, -0.15) is 9.78 Å². The lowest BCUT2D eigenvalue weighted by molar-refractivity contribution is 0.411. The Hall–Kier alpha value is -3.98. The van der Waals surface area contributed by atoms with Crippen LogP contribution in [0.5, 0.6) is 5.75 Å². The highest BCUT2D eigenvalue weighted by atomic mass is 32.2. The number of halogens is 1. The van der Waals surface area contributed by atoms with Crippen LogP contribution in [-0.4, -0.2) is 33.0 Å². The summed E-state index contributed by atoms with van der Waals surface area (Å²) >= 11 is 1.60. The monoisotopic (exact) mass is 459 g/mol. The fourth-order valence-corrected chi connectivity index (χ4v) is 4.34. The quantitative estimate of drug-likeness (QED) is 0.296. The molecule has 0 unspecified atom stereocenters. The molecule has 0 saturated carbocycles. The van der Waals surface area contributed by atoms with Gasteiger partial charge in [-0.3, -0.25) is 4.79 Å². The van der Waals surface area contributed by atoms with Gasteiger partial charge in [0.1, 0.15) is 28.9 Å². The van der Waals surface area contributed by atoms with Crippen molar-refractivity contribution in [2.45, 2.75) is 10.8 Å². The maximum absolute atomic E-state index is 13.6. The van der Waals surface area contributed by atoms with E-state index in [1.165, 1.54) is 18.5 Å². The Kier molecular flexibility index (Phi) is 5.62. The van der Waals surface area contributed by atoms with Crippen molar-refractivity contribution in [2.24, 2.45) is 5.10 Å². The number of benzene rings is 2. The van der Waals surface area contributed by atoms with Gasteiger partial charge in [-0.05, 0) is 54.1 Å². The second kappa shape index (κ2) is 8.87. The number of hydrogen-bond acceptors (Lipinski definition) is 6. The maximum Gasteiger partial charge on any atom is 0.298 e. The number of aromatic amines is 1. The molecule has 0 aliphatic carbocycles. The highest BCUT2D eigenvalue weighted by Crippen LogP contribution is 2.27. The first-order valence-electron chi connectivity index (χ1n) is 10.1. The van der Waals surface area contributed by atoms with E-state index in [2.05, 4.69) is 20.1 Å². The van der Waals surface area contributed by atoms with Crippen molar-refractivity contribution in [3.8, 4) is 5.75 Å². The summed E-state index contributed by atoms with van der Waals surface area (Å²) < 4.78 is 20.2. The van der Waals surface area contributed by atoms with Gasteiger partial charge in [-0.15, -0.1) is 11.8 Å². The number of nitrogens with one attached hydrogen (secondary N) is 1. The third kappa shape index (κ3) is 4.22. The van der Waals surface area contributed by atoms with E-state index in [-0.39, 0.29) is 16.9 Å². The standard InChI is InChI=1S/C24H18FN5O2S/c1-32-20-8-5-15(10-16(20)13-33-21-4-2-3-9-26-21)12-28-30-14-27-22-18-11-17(25)6-7-19(18)29-23(22)24(30)31/h2-12,14,29H,13H2,1H3/b28-12-. The minimum Gasteiger partial charge on any atom is -0.496 e. The van der Waals surface area contributed by atoms with E-state index in [0.717, 1.165) is 26.6 Å². The van der Waals surface area contributed by atoms with E-state index in [4.69, 9.17) is 4.74 Å². The number of methoxy groups -OCH3 is 1. The maximum atomic E-state index is 13.6. The van der Waals surface area contributed by atoms with Crippen molar-refractivity contribution < 1.29 is 9.13 Å². The SMILES string of the molecule is COc1ccc(/C=N\n2cnc3c([nH]c4ccc(F)cc43)c2=O)cc1CSc1ccccn1. The smallest absolute Gasteiger partial charge is 0.298 e. The van der Waals surface area contributed by atoms with Gasteiger partial charge in [0.25, 0.3) is 5.56 Å². The molecule has 5 rings (SSSR count). The van der Waals surface area contributed by atoms with Crippen molar-refractivity contribution in [2.75, 3.05) is 7.11 Å². The first-order chi connectivity index (χ1) is 16.1. The molecule has 5 aromatic rings. The topological polar surface area (TPSA) is 85.2 Å². The zero-order valence-corrected chi connectivity index (χ0v) is 18.3. The van der Waals surface area contributed by atoms with Gasteiger partial charge >= 0.3 is 0 Å². The van der Waals surface area contributed by atoms with Crippen molar-refractivity contribution in [3.05, 3.63) is 94.4 Å². The lowest BCUT2D eigenvalue weighted by Crippen LogP contribution is -2.17. The summed E-state index contributed by atoms with van der Waals surface area (Å²) in [6.45, 7) is 0. The predicted molar refractivity (Wildman–Crippen MR) is 128 cm³/mol. The molecule has 3 heterocycles. The summed E-state index contributed by atoms with van der Waals surface area (Å²) in [6, 6.07) is 15.7. The Balaban J connectivity index is 1.44. The minimum absolute atomic E-state index is 0.275. The van der Waals surface area contributed by atoms with Crippen molar-refractivity contribution >= 4 is 39.9 Å². The van der Waals surface area contributed by atoms with Gasteiger partial charge in [-0.25, -0.2) is 14.4 Å². The van der Waals surface area contributed by atoms with Crippen LogP contribution in [0.4, 0.5) is 4.39 Å². The average molecular weight is 460 g/mol. The molecule has 164 valence electrons. The molecule has 0 aliphatic heterocycles. The Morgan fingerprint density at radius 1 is 1.18 bits per heavy atom. The van der Waals surface area contributed by atoms with Crippen LogP contribution >= 0.6 is 11.8 Å². The van der Waals surface area contributed by atoms with Gasteiger partial charge in [0.15, 0.2) is 0 Å². The zero-order valence-electron chi connectivity index (χ0n) is 17.5. The van der Waals surface area contributed by atoms with Gasteiger partial charge in [0, 0.05) is 28.4 Å². The van der Waals surface area contributed by atoms with E-state index >= 15 is 0 Å². The summed E-state index contributed by atoms with van der Waals surface area (Å²) in [7, 11) is 1.63. The third-order valence-corrected chi connectivity index (χ3v) is 6.09. The molecule has 2 aromatic carbocycles. The number of aromatic nitrogens is 4. The van der Waals surface area contributed by atoms with Crippen LogP contribution in [0.15, 0.2) is 82.0 Å². The van der Waals surface area contributed by atoms with Gasteiger partial charge in [-0.1, -0.05) is 6.07 Å². The third-order valence-electron chi connectivity index (χ3n) is 5.10. The van der Waals surface area contributed by atoms with E-state index in [0.29, 0.717) is 22.2 Å². The van der Waals surface area contributed by atoms with Crippen LogP contribution < -0.4 is 10.3 Å². The molecule has 0 radical (unpaired) electrons. The molecular weight excluding hydrogens is 441 g/mol. The van der Waals surface area contributed by atoms with Crippen LogP contribution in [0.2, 0.25) is 0 Å². The van der Waals surface area contributed by atoms with Crippen LogP contribution in [0.1, 0.15) is 11.1 Å².